The first-order valence-corrected chi connectivity index (χ1v) is 8.59. The van der Waals surface area contributed by atoms with E-state index < -0.39 is 5.91 Å². The Hall–Kier alpha value is -3.35. The number of hydrogen-bond acceptors (Lipinski definition) is 6. The Labute approximate surface area is 157 Å². The van der Waals surface area contributed by atoms with Crippen LogP contribution in [0.1, 0.15) is 28.0 Å². The monoisotopic (exact) mass is 366 g/mol. The van der Waals surface area contributed by atoms with Crippen LogP contribution in [0.4, 0.5) is 5.69 Å². The molecule has 4 N–H and O–H groups in total. The first kappa shape index (κ1) is 18.4. The number of aromatic nitrogens is 2. The van der Waals surface area contributed by atoms with Crippen LogP contribution in [-0.2, 0) is 12.8 Å². The van der Waals surface area contributed by atoms with Crippen LogP contribution in [0, 0.1) is 0 Å². The van der Waals surface area contributed by atoms with Gasteiger partial charge in [0.05, 0.1) is 25.4 Å². The van der Waals surface area contributed by atoms with Crippen LogP contribution in [0.15, 0.2) is 36.4 Å². The average Bonchev–Trinajstić information content (AvgIpc) is 2.68. The molecule has 0 aliphatic carbocycles. The molecule has 27 heavy (non-hydrogen) atoms. The molecule has 3 rings (SSSR count). The zero-order valence-electron chi connectivity index (χ0n) is 15.4. The molecule has 0 saturated heterocycles. The van der Waals surface area contributed by atoms with Gasteiger partial charge in [-0.05, 0) is 42.5 Å². The summed E-state index contributed by atoms with van der Waals surface area (Å²) in [6, 6.07) is 11.6. The molecule has 1 heterocycles. The number of fused-ring (bicyclic) bond motifs is 1. The van der Waals surface area contributed by atoms with Crippen molar-refractivity contribution in [3.05, 3.63) is 53.2 Å². The van der Waals surface area contributed by atoms with Crippen molar-refractivity contribution in [1.29, 1.82) is 0 Å². The maximum Gasteiger partial charge on any atom is 0.271 e. The van der Waals surface area contributed by atoms with Crippen molar-refractivity contribution in [2.45, 2.75) is 19.3 Å². The molecule has 0 fully saturated rings. The molecule has 0 unspecified atom stereocenters. The molecule has 0 bridgehead atoms. The largest absolute Gasteiger partial charge is 0.497 e. The molecule has 0 saturated carbocycles. The highest BCUT2D eigenvalue weighted by Gasteiger charge is 2.14. The summed E-state index contributed by atoms with van der Waals surface area (Å²) in [7, 11) is 3.27. The standard InChI is InChI=1S/C20H22N4O3/c1-26-14-9-12(10-15(11-14)27-2)5-3-6-13-7-4-8-16-17(21)19(20(22)25)24-23-18(13)16/h4,7-11H,3,5-6H2,1-2H3,(H2,21,23)(H2,22,25). The zero-order chi connectivity index (χ0) is 19.4. The minimum Gasteiger partial charge on any atom is -0.497 e. The highest BCUT2D eigenvalue weighted by atomic mass is 16.5. The van der Waals surface area contributed by atoms with Gasteiger partial charge in [0.25, 0.3) is 5.91 Å². The predicted molar refractivity (Wildman–Crippen MR) is 104 cm³/mol. The highest BCUT2D eigenvalue weighted by Crippen LogP contribution is 2.26. The van der Waals surface area contributed by atoms with Gasteiger partial charge in [-0.15, -0.1) is 10.2 Å². The van der Waals surface area contributed by atoms with Gasteiger partial charge in [0.15, 0.2) is 5.69 Å². The molecular formula is C20H22N4O3. The molecule has 140 valence electrons. The number of nitrogens with two attached hydrogens (primary N) is 2. The van der Waals surface area contributed by atoms with Crippen LogP contribution in [0.3, 0.4) is 0 Å². The number of ether oxygens (including phenoxy) is 2. The summed E-state index contributed by atoms with van der Waals surface area (Å²) in [6.07, 6.45) is 2.54. The number of aryl methyl sites for hydroxylation is 2. The molecule has 3 aromatic rings. The number of rotatable bonds is 7. The Kier molecular flexibility index (Phi) is 5.40. The van der Waals surface area contributed by atoms with Crippen LogP contribution in [0.25, 0.3) is 10.9 Å². The van der Waals surface area contributed by atoms with Crippen molar-refractivity contribution in [2.24, 2.45) is 5.73 Å². The first-order chi connectivity index (χ1) is 13.0. The minimum atomic E-state index is -0.681. The van der Waals surface area contributed by atoms with E-state index in [0.29, 0.717) is 10.9 Å². The Balaban J connectivity index is 1.80. The number of benzene rings is 2. The Bertz CT molecular complexity index is 966. The molecule has 0 aliphatic rings. The fraction of sp³-hybridized carbons (Fsp3) is 0.250. The van der Waals surface area contributed by atoms with E-state index in [9.17, 15) is 4.79 Å². The maximum atomic E-state index is 11.4. The van der Waals surface area contributed by atoms with Gasteiger partial charge in [-0.3, -0.25) is 4.79 Å². The van der Waals surface area contributed by atoms with Crippen molar-refractivity contribution in [3.8, 4) is 11.5 Å². The lowest BCUT2D eigenvalue weighted by Gasteiger charge is -2.10. The molecule has 7 heteroatoms. The molecule has 0 atom stereocenters. The van der Waals surface area contributed by atoms with Crippen molar-refractivity contribution in [1.82, 2.24) is 10.2 Å². The molecular weight excluding hydrogens is 344 g/mol. The number of carbonyl (C=O) groups excluding carboxylic acids is 1. The molecule has 0 spiro atoms. The molecule has 0 aliphatic heterocycles. The third kappa shape index (κ3) is 3.92. The van der Waals surface area contributed by atoms with E-state index >= 15 is 0 Å². The molecule has 7 nitrogen and oxygen atoms in total. The van der Waals surface area contributed by atoms with Crippen molar-refractivity contribution >= 4 is 22.5 Å². The van der Waals surface area contributed by atoms with Gasteiger partial charge in [-0.25, -0.2) is 0 Å². The van der Waals surface area contributed by atoms with Crippen LogP contribution >= 0.6 is 0 Å². The Morgan fingerprint density at radius 3 is 2.37 bits per heavy atom. The van der Waals surface area contributed by atoms with E-state index in [1.807, 2.05) is 36.4 Å². The summed E-state index contributed by atoms with van der Waals surface area (Å²) in [5.41, 5.74) is 14.5. The lowest BCUT2D eigenvalue weighted by Crippen LogP contribution is -2.17. The van der Waals surface area contributed by atoms with Crippen LogP contribution in [0.5, 0.6) is 11.5 Å². The SMILES string of the molecule is COc1cc(CCCc2cccc3c(N)c(C(N)=O)nnc23)cc(OC)c1. The second-order valence-electron chi connectivity index (χ2n) is 6.21. The van der Waals surface area contributed by atoms with Gasteiger partial charge >= 0.3 is 0 Å². The second-order valence-corrected chi connectivity index (χ2v) is 6.21. The number of hydrogen-bond donors (Lipinski definition) is 2. The van der Waals surface area contributed by atoms with Crippen molar-refractivity contribution < 1.29 is 14.3 Å². The smallest absolute Gasteiger partial charge is 0.271 e. The molecule has 0 radical (unpaired) electrons. The van der Waals surface area contributed by atoms with Gasteiger partial charge in [-0.1, -0.05) is 18.2 Å². The number of methoxy groups -OCH3 is 2. The van der Waals surface area contributed by atoms with Gasteiger partial charge in [0.2, 0.25) is 0 Å². The van der Waals surface area contributed by atoms with E-state index in [4.69, 9.17) is 20.9 Å². The molecule has 1 amide bonds. The summed E-state index contributed by atoms with van der Waals surface area (Å²) in [5, 5.41) is 8.76. The van der Waals surface area contributed by atoms with Crippen LogP contribution in [-0.4, -0.2) is 30.3 Å². The van der Waals surface area contributed by atoms with Crippen molar-refractivity contribution in [3.63, 3.8) is 0 Å². The lowest BCUT2D eigenvalue weighted by atomic mass is 10.0. The van der Waals surface area contributed by atoms with E-state index in [1.165, 1.54) is 0 Å². The Morgan fingerprint density at radius 2 is 1.74 bits per heavy atom. The van der Waals surface area contributed by atoms with E-state index in [2.05, 4.69) is 10.2 Å². The number of amides is 1. The van der Waals surface area contributed by atoms with Gasteiger partial charge in [-0.2, -0.15) is 0 Å². The lowest BCUT2D eigenvalue weighted by molar-refractivity contribution is 0.0995. The quantitative estimate of drug-likeness (QED) is 0.664. The topological polar surface area (TPSA) is 113 Å². The first-order valence-electron chi connectivity index (χ1n) is 8.59. The number of anilines is 1. The zero-order valence-corrected chi connectivity index (χ0v) is 15.4. The van der Waals surface area contributed by atoms with E-state index in [0.717, 1.165) is 41.9 Å². The predicted octanol–water partition coefficient (Wildman–Crippen LogP) is 2.50. The summed E-state index contributed by atoms with van der Waals surface area (Å²) >= 11 is 0. The molecule has 1 aromatic heterocycles. The van der Waals surface area contributed by atoms with E-state index in [1.54, 1.807) is 14.2 Å². The average molecular weight is 366 g/mol. The van der Waals surface area contributed by atoms with E-state index in [-0.39, 0.29) is 11.4 Å². The summed E-state index contributed by atoms with van der Waals surface area (Å²) < 4.78 is 10.6. The van der Waals surface area contributed by atoms with Gasteiger partial charge in [0.1, 0.15) is 11.5 Å². The highest BCUT2D eigenvalue weighted by molar-refractivity contribution is 6.04. The number of nitrogens with zero attached hydrogens (tertiary/aromatic N) is 2. The third-order valence-electron chi connectivity index (χ3n) is 4.47. The van der Waals surface area contributed by atoms with Gasteiger partial charge in [0, 0.05) is 11.5 Å². The van der Waals surface area contributed by atoms with Gasteiger partial charge < -0.3 is 20.9 Å². The summed E-state index contributed by atoms with van der Waals surface area (Å²) in [5.74, 6) is 0.860. The third-order valence-corrected chi connectivity index (χ3v) is 4.47. The number of primary amides is 1. The second kappa shape index (κ2) is 7.90. The summed E-state index contributed by atoms with van der Waals surface area (Å²) in [6.45, 7) is 0. The maximum absolute atomic E-state index is 11.4. The van der Waals surface area contributed by atoms with Crippen LogP contribution < -0.4 is 20.9 Å². The minimum absolute atomic E-state index is 0.00289. The van der Waals surface area contributed by atoms with Crippen molar-refractivity contribution in [2.75, 3.05) is 20.0 Å². The van der Waals surface area contributed by atoms with Crippen LogP contribution in [0.2, 0.25) is 0 Å². The summed E-state index contributed by atoms with van der Waals surface area (Å²) in [4.78, 5) is 11.4. The number of nitrogen functional groups attached to an aromatic ring is 1. The number of carbonyl (C=O) groups is 1. The fourth-order valence-corrected chi connectivity index (χ4v) is 3.09. The fourth-order valence-electron chi connectivity index (χ4n) is 3.09. The Morgan fingerprint density at radius 1 is 1.04 bits per heavy atom. The normalized spacial score (nSPS) is 10.7. The molecule has 2 aromatic carbocycles.